The van der Waals surface area contributed by atoms with E-state index >= 15 is 0 Å². The van der Waals surface area contributed by atoms with Crippen molar-refractivity contribution < 1.29 is 14.3 Å². The second-order valence-corrected chi connectivity index (χ2v) is 3.41. The first-order valence-electron chi connectivity index (χ1n) is 4.06. The monoisotopic (exact) mass is 192 g/mol. The Labute approximate surface area is 77.0 Å². The zero-order valence-corrected chi connectivity index (χ0v) is 7.84. The van der Waals surface area contributed by atoms with E-state index in [-0.39, 0.29) is 23.9 Å². The summed E-state index contributed by atoms with van der Waals surface area (Å²) in [6.07, 6.45) is 2.01. The molecule has 0 aliphatic carbocycles. The zero-order valence-electron chi connectivity index (χ0n) is 7.09. The molecule has 70 valence electrons. The smallest absolute Gasteiger partial charge is 0.308 e. The summed E-state index contributed by atoms with van der Waals surface area (Å²) in [7, 11) is 1.37. The van der Waals surface area contributed by atoms with Crippen molar-refractivity contribution >= 4 is 17.6 Å². The van der Waals surface area contributed by atoms with E-state index in [0.29, 0.717) is 6.61 Å². The maximum Gasteiger partial charge on any atom is 0.308 e. The zero-order chi connectivity index (χ0) is 8.97. The van der Waals surface area contributed by atoms with E-state index in [4.69, 9.17) is 16.3 Å². The summed E-state index contributed by atoms with van der Waals surface area (Å²) in [5.74, 6) is -0.257. The average Bonchev–Trinajstić information content (AvgIpc) is 2.09. The average molecular weight is 193 g/mol. The molecule has 1 fully saturated rings. The number of hydrogen-bond acceptors (Lipinski definition) is 3. The van der Waals surface area contributed by atoms with E-state index in [9.17, 15) is 4.79 Å². The van der Waals surface area contributed by atoms with Crippen LogP contribution >= 0.6 is 11.6 Å². The minimum Gasteiger partial charge on any atom is -0.469 e. The van der Waals surface area contributed by atoms with Gasteiger partial charge in [-0.25, -0.2) is 0 Å². The van der Waals surface area contributed by atoms with Crippen LogP contribution in [0.2, 0.25) is 0 Å². The van der Waals surface area contributed by atoms with Gasteiger partial charge < -0.3 is 9.47 Å². The van der Waals surface area contributed by atoms with Gasteiger partial charge in [0, 0.05) is 6.61 Å². The molecular formula is C8H13ClO3. The van der Waals surface area contributed by atoms with Crippen LogP contribution in [0.4, 0.5) is 0 Å². The van der Waals surface area contributed by atoms with Gasteiger partial charge in [0.1, 0.15) is 0 Å². The number of hydrogen-bond donors (Lipinski definition) is 0. The largest absolute Gasteiger partial charge is 0.469 e. The van der Waals surface area contributed by atoms with Gasteiger partial charge in [0.15, 0.2) is 0 Å². The van der Waals surface area contributed by atoms with Gasteiger partial charge in [0.05, 0.1) is 25.0 Å². The van der Waals surface area contributed by atoms with E-state index < -0.39 is 0 Å². The Morgan fingerprint density at radius 3 is 3.08 bits per heavy atom. The van der Waals surface area contributed by atoms with Crippen LogP contribution in [0.25, 0.3) is 0 Å². The highest BCUT2D eigenvalue weighted by Crippen LogP contribution is 2.21. The second kappa shape index (κ2) is 4.67. The maximum atomic E-state index is 10.9. The van der Waals surface area contributed by atoms with Crippen LogP contribution in [-0.4, -0.2) is 31.2 Å². The van der Waals surface area contributed by atoms with Gasteiger partial charge in [0.2, 0.25) is 0 Å². The number of rotatable bonds is 2. The molecule has 0 amide bonds. The first-order valence-corrected chi connectivity index (χ1v) is 4.50. The fraction of sp³-hybridized carbons (Fsp3) is 0.875. The predicted octanol–water partition coefficient (Wildman–Crippen LogP) is 1.34. The molecule has 0 unspecified atom stereocenters. The summed E-state index contributed by atoms with van der Waals surface area (Å²) in [6.45, 7) is 0.699. The minimum atomic E-state index is -0.257. The van der Waals surface area contributed by atoms with E-state index in [2.05, 4.69) is 4.74 Å². The molecule has 0 saturated carbocycles. The van der Waals surface area contributed by atoms with Crippen LogP contribution in [0.3, 0.4) is 0 Å². The van der Waals surface area contributed by atoms with Crippen LogP contribution in [0.15, 0.2) is 0 Å². The van der Waals surface area contributed by atoms with Crippen LogP contribution < -0.4 is 0 Å². The minimum absolute atomic E-state index is 0.0437. The van der Waals surface area contributed by atoms with E-state index in [1.165, 1.54) is 7.11 Å². The molecule has 3 nitrogen and oxygen atoms in total. The standard InChI is InChI=1S/C8H13ClO3/c1-11-8(10)5-7-6(9)3-2-4-12-7/h6-7H,2-5H2,1H3/t6-,7-/m1/s1. The van der Waals surface area contributed by atoms with Crippen molar-refractivity contribution in [3.63, 3.8) is 0 Å². The van der Waals surface area contributed by atoms with Crippen molar-refractivity contribution in [3.05, 3.63) is 0 Å². The van der Waals surface area contributed by atoms with Gasteiger partial charge in [-0.15, -0.1) is 11.6 Å². The molecule has 1 heterocycles. The van der Waals surface area contributed by atoms with E-state index in [0.717, 1.165) is 12.8 Å². The van der Waals surface area contributed by atoms with Crippen LogP contribution in [0, 0.1) is 0 Å². The summed E-state index contributed by atoms with van der Waals surface area (Å²) in [6, 6.07) is 0. The Kier molecular flexibility index (Phi) is 3.82. The third-order valence-corrected chi connectivity index (χ3v) is 2.45. The Morgan fingerprint density at radius 2 is 2.50 bits per heavy atom. The Hall–Kier alpha value is -0.280. The van der Waals surface area contributed by atoms with Crippen molar-refractivity contribution in [2.45, 2.75) is 30.7 Å². The molecule has 0 N–H and O–H groups in total. The van der Waals surface area contributed by atoms with Crippen molar-refractivity contribution in [3.8, 4) is 0 Å². The molecule has 0 aromatic carbocycles. The fourth-order valence-corrected chi connectivity index (χ4v) is 1.55. The number of esters is 1. The lowest BCUT2D eigenvalue weighted by atomic mass is 10.1. The van der Waals surface area contributed by atoms with Crippen molar-refractivity contribution in [2.24, 2.45) is 0 Å². The molecule has 1 aliphatic heterocycles. The molecule has 1 aliphatic rings. The summed E-state index contributed by atoms with van der Waals surface area (Å²) < 4.78 is 9.85. The Bertz CT molecular complexity index is 160. The van der Waals surface area contributed by atoms with Gasteiger partial charge in [-0.1, -0.05) is 0 Å². The molecule has 12 heavy (non-hydrogen) atoms. The molecule has 4 heteroatoms. The van der Waals surface area contributed by atoms with Crippen LogP contribution in [0.5, 0.6) is 0 Å². The number of ether oxygens (including phenoxy) is 2. The number of methoxy groups -OCH3 is 1. The SMILES string of the molecule is COC(=O)C[C@H]1OCCC[C@H]1Cl. The Morgan fingerprint density at radius 1 is 1.75 bits per heavy atom. The van der Waals surface area contributed by atoms with Gasteiger partial charge in [0.25, 0.3) is 0 Å². The molecule has 1 rings (SSSR count). The summed E-state index contributed by atoms with van der Waals surface area (Å²) in [4.78, 5) is 10.9. The third-order valence-electron chi connectivity index (χ3n) is 1.96. The first kappa shape index (κ1) is 9.81. The molecule has 1 saturated heterocycles. The Balaban J connectivity index is 2.33. The molecular weight excluding hydrogens is 180 g/mol. The van der Waals surface area contributed by atoms with Crippen molar-refractivity contribution in [1.29, 1.82) is 0 Å². The normalized spacial score (nSPS) is 29.8. The molecule has 0 spiro atoms. The summed E-state index contributed by atoms with van der Waals surface area (Å²) in [5, 5.41) is -0.0437. The van der Waals surface area contributed by atoms with Crippen molar-refractivity contribution in [1.82, 2.24) is 0 Å². The first-order chi connectivity index (χ1) is 5.74. The number of alkyl halides is 1. The maximum absolute atomic E-state index is 10.9. The van der Waals surface area contributed by atoms with Crippen molar-refractivity contribution in [2.75, 3.05) is 13.7 Å². The molecule has 0 aromatic heterocycles. The van der Waals surface area contributed by atoms with Crippen LogP contribution in [-0.2, 0) is 14.3 Å². The van der Waals surface area contributed by atoms with E-state index in [1.54, 1.807) is 0 Å². The molecule has 0 bridgehead atoms. The topological polar surface area (TPSA) is 35.5 Å². The summed E-state index contributed by atoms with van der Waals surface area (Å²) >= 11 is 5.95. The highest BCUT2D eigenvalue weighted by atomic mass is 35.5. The van der Waals surface area contributed by atoms with Gasteiger partial charge in [-0.05, 0) is 12.8 Å². The highest BCUT2D eigenvalue weighted by Gasteiger charge is 2.26. The lowest BCUT2D eigenvalue weighted by Gasteiger charge is -2.26. The lowest BCUT2D eigenvalue weighted by Crippen LogP contribution is -2.32. The second-order valence-electron chi connectivity index (χ2n) is 2.85. The van der Waals surface area contributed by atoms with Crippen LogP contribution in [0.1, 0.15) is 19.3 Å². The number of carbonyl (C=O) groups excluding carboxylic acids is 1. The van der Waals surface area contributed by atoms with E-state index in [1.807, 2.05) is 0 Å². The molecule has 2 atom stereocenters. The quantitative estimate of drug-likeness (QED) is 0.489. The number of halogens is 1. The van der Waals surface area contributed by atoms with Gasteiger partial charge in [-0.2, -0.15) is 0 Å². The fourth-order valence-electron chi connectivity index (χ4n) is 1.24. The predicted molar refractivity (Wildman–Crippen MR) is 45.2 cm³/mol. The lowest BCUT2D eigenvalue weighted by molar-refractivity contribution is -0.144. The molecule has 0 radical (unpaired) electrons. The van der Waals surface area contributed by atoms with Gasteiger partial charge in [-0.3, -0.25) is 4.79 Å². The number of carbonyl (C=O) groups is 1. The highest BCUT2D eigenvalue weighted by molar-refractivity contribution is 6.21. The summed E-state index contributed by atoms with van der Waals surface area (Å²) in [5.41, 5.74) is 0. The molecule has 0 aromatic rings. The third kappa shape index (κ3) is 2.64. The van der Waals surface area contributed by atoms with Gasteiger partial charge >= 0.3 is 5.97 Å².